The largest absolute Gasteiger partial charge is 0.448 e. The lowest BCUT2D eigenvalue weighted by atomic mass is 10.1. The lowest BCUT2D eigenvalue weighted by molar-refractivity contribution is 0.0124. The molecule has 0 bridgehead atoms. The molecule has 0 aromatic heterocycles. The number of carbonyl (C=O) groups excluding carboxylic acids is 1. The maximum atomic E-state index is 12.8. The first-order valence-corrected chi connectivity index (χ1v) is 8.18. The van der Waals surface area contributed by atoms with E-state index in [-0.39, 0.29) is 5.78 Å². The summed E-state index contributed by atoms with van der Waals surface area (Å²) in [5.41, 5.74) is 2.79. The number of aryl methyl sites for hydroxylation is 2. The van der Waals surface area contributed by atoms with Gasteiger partial charge in [0.05, 0.1) is 0 Å². The van der Waals surface area contributed by atoms with Crippen LogP contribution in [0.1, 0.15) is 21.5 Å². The number of carbonyl (C=O) groups is 1. The zero-order valence-corrected chi connectivity index (χ0v) is 14.3. The first-order chi connectivity index (χ1) is 12.1. The van der Waals surface area contributed by atoms with Crippen LogP contribution in [0.25, 0.3) is 0 Å². The molecule has 126 valence electrons. The molecule has 3 nitrogen and oxygen atoms in total. The molecular formula is C22H20O3. The number of ether oxygens (including phenoxy) is 2. The van der Waals surface area contributed by atoms with Crippen molar-refractivity contribution in [1.29, 1.82) is 0 Å². The van der Waals surface area contributed by atoms with Gasteiger partial charge in [0.1, 0.15) is 11.5 Å². The number of hydrogen-bond donors (Lipinski definition) is 0. The molecule has 0 unspecified atom stereocenters. The molecule has 0 aliphatic carbocycles. The Hall–Kier alpha value is -3.07. The number of rotatable bonds is 6. The molecular weight excluding hydrogens is 312 g/mol. The molecule has 0 aliphatic rings. The summed E-state index contributed by atoms with van der Waals surface area (Å²) < 4.78 is 11.7. The van der Waals surface area contributed by atoms with E-state index in [2.05, 4.69) is 0 Å². The minimum absolute atomic E-state index is 0.221. The molecule has 25 heavy (non-hydrogen) atoms. The summed E-state index contributed by atoms with van der Waals surface area (Å²) in [4.78, 5) is 12.8. The third-order valence-corrected chi connectivity index (χ3v) is 3.80. The van der Waals surface area contributed by atoms with Crippen molar-refractivity contribution in [3.05, 3.63) is 95.6 Å². The Balaban J connectivity index is 1.85. The van der Waals surface area contributed by atoms with E-state index < -0.39 is 6.29 Å². The molecule has 0 spiro atoms. The molecule has 0 atom stereocenters. The minimum atomic E-state index is -1.05. The highest BCUT2D eigenvalue weighted by Crippen LogP contribution is 2.20. The van der Waals surface area contributed by atoms with Crippen LogP contribution in [0, 0.1) is 13.8 Å². The van der Waals surface area contributed by atoms with E-state index in [9.17, 15) is 4.79 Å². The van der Waals surface area contributed by atoms with Crippen LogP contribution in [0.15, 0.2) is 78.9 Å². The van der Waals surface area contributed by atoms with Crippen molar-refractivity contribution in [3.63, 3.8) is 0 Å². The third-order valence-electron chi connectivity index (χ3n) is 3.80. The molecule has 0 aliphatic heterocycles. The molecule has 3 aromatic rings. The molecule has 0 heterocycles. The first-order valence-electron chi connectivity index (χ1n) is 8.18. The average molecular weight is 332 g/mol. The van der Waals surface area contributed by atoms with Crippen LogP contribution >= 0.6 is 0 Å². The Labute approximate surface area is 147 Å². The molecule has 0 saturated carbocycles. The molecule has 0 amide bonds. The topological polar surface area (TPSA) is 35.5 Å². The van der Waals surface area contributed by atoms with Crippen molar-refractivity contribution in [2.75, 3.05) is 0 Å². The quantitative estimate of drug-likeness (QED) is 0.472. The number of benzene rings is 3. The third kappa shape index (κ3) is 4.48. The Bertz CT molecular complexity index is 774. The Morgan fingerprint density at radius 1 is 0.680 bits per heavy atom. The SMILES string of the molecule is Cc1ccc(OC(Oc2ccc(C)cc2)C(=O)c2ccccc2)cc1. The Morgan fingerprint density at radius 2 is 1.12 bits per heavy atom. The van der Waals surface area contributed by atoms with Gasteiger partial charge < -0.3 is 9.47 Å². The molecule has 3 aromatic carbocycles. The number of Topliss-reactive ketones (excluding diaryl/α,β-unsaturated/α-hetero) is 1. The lowest BCUT2D eigenvalue weighted by Gasteiger charge is -2.20. The average Bonchev–Trinajstić information content (AvgIpc) is 2.65. The van der Waals surface area contributed by atoms with E-state index in [0.717, 1.165) is 11.1 Å². The maximum absolute atomic E-state index is 12.8. The van der Waals surface area contributed by atoms with Crippen molar-refractivity contribution >= 4 is 5.78 Å². The second kappa shape index (κ2) is 7.67. The standard InChI is InChI=1S/C22H20O3/c1-16-8-12-19(13-9-16)24-22(21(23)18-6-4-3-5-7-18)25-20-14-10-17(2)11-15-20/h3-15,22H,1-2H3. The predicted octanol–water partition coefficient (Wildman–Crippen LogP) is 4.97. The second-order valence-electron chi connectivity index (χ2n) is 5.92. The Kier molecular flexibility index (Phi) is 5.14. The molecule has 0 N–H and O–H groups in total. The summed E-state index contributed by atoms with van der Waals surface area (Å²) >= 11 is 0. The van der Waals surface area contributed by atoms with Crippen LogP contribution < -0.4 is 9.47 Å². The van der Waals surface area contributed by atoms with Gasteiger partial charge >= 0.3 is 6.29 Å². The molecule has 0 saturated heterocycles. The van der Waals surface area contributed by atoms with E-state index in [0.29, 0.717) is 17.1 Å². The maximum Gasteiger partial charge on any atom is 0.305 e. The van der Waals surface area contributed by atoms with Gasteiger partial charge in [-0.15, -0.1) is 0 Å². The fourth-order valence-corrected chi connectivity index (χ4v) is 2.35. The van der Waals surface area contributed by atoms with Gasteiger partial charge in [0, 0.05) is 5.56 Å². The van der Waals surface area contributed by atoms with Crippen molar-refractivity contribution in [2.45, 2.75) is 20.1 Å². The van der Waals surface area contributed by atoms with E-state index >= 15 is 0 Å². The van der Waals surface area contributed by atoms with Crippen molar-refractivity contribution in [1.82, 2.24) is 0 Å². The van der Waals surface area contributed by atoms with Crippen molar-refractivity contribution < 1.29 is 14.3 Å². The summed E-state index contributed by atoms with van der Waals surface area (Å²) in [6.45, 7) is 4.00. The van der Waals surface area contributed by atoms with Gasteiger partial charge in [0.15, 0.2) is 0 Å². The van der Waals surface area contributed by atoms with E-state index in [1.807, 2.05) is 80.6 Å². The van der Waals surface area contributed by atoms with Crippen LogP contribution in [0.2, 0.25) is 0 Å². The van der Waals surface area contributed by atoms with Crippen molar-refractivity contribution in [2.24, 2.45) is 0 Å². The van der Waals surface area contributed by atoms with Crippen LogP contribution in [0.5, 0.6) is 11.5 Å². The van der Waals surface area contributed by atoms with Crippen LogP contribution in [-0.4, -0.2) is 12.1 Å². The molecule has 0 radical (unpaired) electrons. The lowest BCUT2D eigenvalue weighted by Crippen LogP contribution is -2.33. The zero-order valence-electron chi connectivity index (χ0n) is 14.3. The first kappa shape index (κ1) is 16.8. The highest BCUT2D eigenvalue weighted by Gasteiger charge is 2.24. The molecule has 3 heteroatoms. The van der Waals surface area contributed by atoms with E-state index in [1.165, 1.54) is 0 Å². The van der Waals surface area contributed by atoms with Crippen LogP contribution in [0.3, 0.4) is 0 Å². The second-order valence-corrected chi connectivity index (χ2v) is 5.92. The van der Waals surface area contributed by atoms with E-state index in [4.69, 9.17) is 9.47 Å². The fraction of sp³-hybridized carbons (Fsp3) is 0.136. The van der Waals surface area contributed by atoms with Gasteiger partial charge in [0.25, 0.3) is 0 Å². The molecule has 0 fully saturated rings. The van der Waals surface area contributed by atoms with Gasteiger partial charge in [-0.1, -0.05) is 65.7 Å². The highest BCUT2D eigenvalue weighted by molar-refractivity contribution is 5.99. The van der Waals surface area contributed by atoms with Crippen LogP contribution in [-0.2, 0) is 0 Å². The molecule has 3 rings (SSSR count). The summed E-state index contributed by atoms with van der Waals surface area (Å²) in [6.07, 6.45) is -1.05. The fourth-order valence-electron chi connectivity index (χ4n) is 2.35. The number of ketones is 1. The minimum Gasteiger partial charge on any atom is -0.448 e. The smallest absolute Gasteiger partial charge is 0.305 e. The van der Waals surface area contributed by atoms with Gasteiger partial charge in [-0.25, -0.2) is 0 Å². The summed E-state index contributed by atoms with van der Waals surface area (Å²) in [5.74, 6) is 0.959. The monoisotopic (exact) mass is 332 g/mol. The van der Waals surface area contributed by atoms with Gasteiger partial charge in [-0.2, -0.15) is 0 Å². The Morgan fingerprint density at radius 3 is 1.56 bits per heavy atom. The van der Waals surface area contributed by atoms with Crippen molar-refractivity contribution in [3.8, 4) is 11.5 Å². The normalized spacial score (nSPS) is 10.5. The van der Waals surface area contributed by atoms with Gasteiger partial charge in [0.2, 0.25) is 5.78 Å². The summed E-state index contributed by atoms with van der Waals surface area (Å²) in [6, 6.07) is 24.1. The van der Waals surface area contributed by atoms with E-state index in [1.54, 1.807) is 12.1 Å². The highest BCUT2D eigenvalue weighted by atomic mass is 16.7. The predicted molar refractivity (Wildman–Crippen MR) is 98.2 cm³/mol. The van der Waals surface area contributed by atoms with Crippen LogP contribution in [0.4, 0.5) is 0 Å². The van der Waals surface area contributed by atoms with Gasteiger partial charge in [-0.3, -0.25) is 4.79 Å². The summed E-state index contributed by atoms with van der Waals surface area (Å²) in [5, 5.41) is 0. The summed E-state index contributed by atoms with van der Waals surface area (Å²) in [7, 11) is 0. The number of hydrogen-bond acceptors (Lipinski definition) is 3. The zero-order chi connectivity index (χ0) is 17.6. The van der Waals surface area contributed by atoms with Gasteiger partial charge in [-0.05, 0) is 38.1 Å².